The lowest BCUT2D eigenvalue weighted by Gasteiger charge is -2.36. The van der Waals surface area contributed by atoms with E-state index in [-0.39, 0.29) is 11.8 Å². The monoisotopic (exact) mass is 434 g/mol. The zero-order valence-corrected chi connectivity index (χ0v) is 18.7. The molecule has 1 atom stereocenters. The standard InChI is InChI=1S/C25H30N4O3/c1-16(32-2)17-11-13-28(14-12-17)21-15-20(25(30)31)26-24-22(21)23(18-7-6-8-18)27-29(24)19-9-4-3-5-10-19/h3-5,9-10,15-18H,6-8,11-14H2,1-2H3,(H,30,31). The largest absolute Gasteiger partial charge is 0.477 e. The first kappa shape index (κ1) is 20.9. The summed E-state index contributed by atoms with van der Waals surface area (Å²) in [6.45, 7) is 3.88. The van der Waals surface area contributed by atoms with Gasteiger partial charge in [0.1, 0.15) is 0 Å². The van der Waals surface area contributed by atoms with Gasteiger partial charge in [0.15, 0.2) is 11.3 Å². The number of methoxy groups -OCH3 is 1. The van der Waals surface area contributed by atoms with Crippen LogP contribution in [0.4, 0.5) is 5.69 Å². The summed E-state index contributed by atoms with van der Waals surface area (Å²) in [7, 11) is 1.77. The van der Waals surface area contributed by atoms with Crippen LogP contribution in [-0.4, -0.2) is 52.1 Å². The van der Waals surface area contributed by atoms with E-state index in [9.17, 15) is 9.90 Å². The first-order valence-electron chi connectivity index (χ1n) is 11.6. The van der Waals surface area contributed by atoms with Gasteiger partial charge in [-0.1, -0.05) is 24.6 Å². The minimum atomic E-state index is -1.01. The van der Waals surface area contributed by atoms with Crippen LogP contribution >= 0.6 is 0 Å². The third-order valence-corrected chi connectivity index (χ3v) is 7.27. The average molecular weight is 435 g/mol. The normalized spacial score (nSPS) is 18.6. The van der Waals surface area contributed by atoms with E-state index in [2.05, 4.69) is 16.8 Å². The van der Waals surface area contributed by atoms with Crippen molar-refractivity contribution in [3.05, 3.63) is 47.8 Å². The van der Waals surface area contributed by atoms with Crippen molar-refractivity contribution >= 4 is 22.7 Å². The topological polar surface area (TPSA) is 80.5 Å². The number of pyridine rings is 1. The molecule has 1 N–H and O–H groups in total. The number of aromatic nitrogens is 3. The number of aromatic carboxylic acids is 1. The Morgan fingerprint density at radius 1 is 1.16 bits per heavy atom. The number of ether oxygens (including phenoxy) is 1. The Hall–Kier alpha value is -2.93. The maximum atomic E-state index is 12.0. The lowest BCUT2D eigenvalue weighted by molar-refractivity contribution is 0.0564. The Kier molecular flexibility index (Phi) is 5.59. The van der Waals surface area contributed by atoms with Crippen molar-refractivity contribution in [2.24, 2.45) is 5.92 Å². The van der Waals surface area contributed by atoms with Crippen molar-refractivity contribution in [3.8, 4) is 5.69 Å². The summed E-state index contributed by atoms with van der Waals surface area (Å²) in [5.74, 6) is -0.0857. The SMILES string of the molecule is COC(C)C1CCN(c2cc(C(=O)O)nc3c2c(C2CCC2)nn3-c2ccccc2)CC1. The number of benzene rings is 1. The molecule has 1 saturated carbocycles. The second-order valence-corrected chi connectivity index (χ2v) is 9.06. The number of nitrogens with zero attached hydrogens (tertiary/aromatic N) is 4. The molecule has 1 saturated heterocycles. The fraction of sp³-hybridized carbons (Fsp3) is 0.480. The molecule has 32 heavy (non-hydrogen) atoms. The second-order valence-electron chi connectivity index (χ2n) is 9.06. The van der Waals surface area contributed by atoms with Gasteiger partial charge in [-0.25, -0.2) is 14.5 Å². The van der Waals surface area contributed by atoms with Gasteiger partial charge in [-0.2, -0.15) is 5.10 Å². The fourth-order valence-corrected chi connectivity index (χ4v) is 5.00. The van der Waals surface area contributed by atoms with Gasteiger partial charge >= 0.3 is 5.97 Å². The molecule has 7 nitrogen and oxygen atoms in total. The summed E-state index contributed by atoms with van der Waals surface area (Å²) in [6.07, 6.45) is 5.72. The number of carbonyl (C=O) groups is 1. The van der Waals surface area contributed by atoms with Crippen molar-refractivity contribution in [2.75, 3.05) is 25.1 Å². The molecule has 5 rings (SSSR count). The lowest BCUT2D eigenvalue weighted by Crippen LogP contribution is -2.37. The van der Waals surface area contributed by atoms with Crippen LogP contribution in [0.15, 0.2) is 36.4 Å². The van der Waals surface area contributed by atoms with E-state index in [1.165, 1.54) is 6.42 Å². The molecule has 1 aromatic carbocycles. The molecule has 168 valence electrons. The smallest absolute Gasteiger partial charge is 0.354 e. The number of anilines is 1. The molecule has 3 heterocycles. The zero-order valence-electron chi connectivity index (χ0n) is 18.7. The minimum Gasteiger partial charge on any atom is -0.477 e. The van der Waals surface area contributed by atoms with Crippen LogP contribution in [0, 0.1) is 5.92 Å². The first-order valence-corrected chi connectivity index (χ1v) is 11.6. The Balaban J connectivity index is 1.65. The van der Waals surface area contributed by atoms with Gasteiger partial charge in [0.05, 0.1) is 28.6 Å². The van der Waals surface area contributed by atoms with Crippen molar-refractivity contribution in [1.82, 2.24) is 14.8 Å². The Bertz CT molecular complexity index is 1120. The number of carboxylic acid groups (broad SMARTS) is 1. The molecule has 3 aromatic rings. The molecule has 0 bridgehead atoms. The number of para-hydroxylation sites is 1. The van der Waals surface area contributed by atoms with Crippen molar-refractivity contribution in [2.45, 2.75) is 51.0 Å². The molecular weight excluding hydrogens is 404 g/mol. The van der Waals surface area contributed by atoms with E-state index in [4.69, 9.17) is 9.84 Å². The molecule has 1 aliphatic heterocycles. The molecule has 0 spiro atoms. The highest BCUT2D eigenvalue weighted by molar-refractivity contribution is 5.98. The predicted molar refractivity (Wildman–Crippen MR) is 124 cm³/mol. The van der Waals surface area contributed by atoms with E-state index < -0.39 is 5.97 Å². The minimum absolute atomic E-state index is 0.0668. The van der Waals surface area contributed by atoms with Gasteiger partial charge in [-0.3, -0.25) is 0 Å². The molecule has 0 radical (unpaired) electrons. The highest BCUT2D eigenvalue weighted by atomic mass is 16.5. The summed E-state index contributed by atoms with van der Waals surface area (Å²) in [5.41, 5.74) is 3.62. The van der Waals surface area contributed by atoms with Crippen LogP contribution in [0.25, 0.3) is 16.7 Å². The summed E-state index contributed by atoms with van der Waals surface area (Å²) >= 11 is 0. The summed E-state index contributed by atoms with van der Waals surface area (Å²) < 4.78 is 7.39. The number of carboxylic acids is 1. The number of hydrogen-bond donors (Lipinski definition) is 1. The van der Waals surface area contributed by atoms with Gasteiger partial charge < -0.3 is 14.7 Å². The zero-order chi connectivity index (χ0) is 22.2. The average Bonchev–Trinajstić information content (AvgIpc) is 3.16. The molecule has 2 aliphatic rings. The number of hydrogen-bond acceptors (Lipinski definition) is 5. The summed E-state index contributed by atoms with van der Waals surface area (Å²) in [4.78, 5) is 18.9. The highest BCUT2D eigenvalue weighted by Crippen LogP contribution is 2.43. The Morgan fingerprint density at radius 2 is 1.88 bits per heavy atom. The van der Waals surface area contributed by atoms with Crippen LogP contribution in [0.3, 0.4) is 0 Å². The van der Waals surface area contributed by atoms with Crippen LogP contribution in [0.5, 0.6) is 0 Å². The van der Waals surface area contributed by atoms with Crippen LogP contribution in [0.2, 0.25) is 0 Å². The van der Waals surface area contributed by atoms with Gasteiger partial charge in [-0.15, -0.1) is 0 Å². The molecule has 2 fully saturated rings. The summed E-state index contributed by atoms with van der Waals surface area (Å²) in [6, 6.07) is 11.6. The number of piperidine rings is 1. The molecule has 1 aliphatic carbocycles. The third-order valence-electron chi connectivity index (χ3n) is 7.27. The van der Waals surface area contributed by atoms with Crippen LogP contribution < -0.4 is 4.90 Å². The maximum absolute atomic E-state index is 12.0. The second kappa shape index (κ2) is 8.54. The van der Waals surface area contributed by atoms with Crippen molar-refractivity contribution in [1.29, 1.82) is 0 Å². The summed E-state index contributed by atoms with van der Waals surface area (Å²) in [5, 5.41) is 15.8. The van der Waals surface area contributed by atoms with Gasteiger partial charge in [0.25, 0.3) is 0 Å². The molecule has 0 amide bonds. The lowest BCUT2D eigenvalue weighted by atomic mass is 9.81. The van der Waals surface area contributed by atoms with E-state index in [0.717, 1.165) is 61.2 Å². The van der Waals surface area contributed by atoms with E-state index in [0.29, 0.717) is 17.5 Å². The Labute approximate surface area is 188 Å². The van der Waals surface area contributed by atoms with Gasteiger partial charge in [0, 0.05) is 26.1 Å². The Morgan fingerprint density at radius 3 is 2.47 bits per heavy atom. The first-order chi connectivity index (χ1) is 15.6. The third kappa shape index (κ3) is 3.64. The van der Waals surface area contributed by atoms with Crippen LogP contribution in [-0.2, 0) is 4.74 Å². The molecular formula is C25H30N4O3. The molecule has 7 heteroatoms. The van der Waals surface area contributed by atoms with E-state index in [1.54, 1.807) is 13.2 Å². The molecule has 1 unspecified atom stereocenters. The number of fused-ring (bicyclic) bond motifs is 1. The maximum Gasteiger partial charge on any atom is 0.354 e. The number of rotatable bonds is 6. The van der Waals surface area contributed by atoms with Gasteiger partial charge in [0.2, 0.25) is 0 Å². The van der Waals surface area contributed by atoms with Gasteiger partial charge in [-0.05, 0) is 56.7 Å². The van der Waals surface area contributed by atoms with Crippen molar-refractivity contribution in [3.63, 3.8) is 0 Å². The quantitative estimate of drug-likeness (QED) is 0.609. The van der Waals surface area contributed by atoms with E-state index >= 15 is 0 Å². The van der Waals surface area contributed by atoms with Crippen LogP contribution in [0.1, 0.15) is 61.1 Å². The highest BCUT2D eigenvalue weighted by Gasteiger charge is 2.32. The fourth-order valence-electron chi connectivity index (χ4n) is 5.00. The van der Waals surface area contributed by atoms with E-state index in [1.807, 2.05) is 35.0 Å². The predicted octanol–water partition coefficient (Wildman–Crippen LogP) is 4.64. The van der Waals surface area contributed by atoms with Crippen molar-refractivity contribution < 1.29 is 14.6 Å². The molecule has 2 aromatic heterocycles.